The van der Waals surface area contributed by atoms with Crippen molar-refractivity contribution < 1.29 is 17.6 Å². The SMILES string of the molecule is CC(C)NS(=O)(=O)c1cccc(CNC(=O)NCCc2ccccc2F)c1. The van der Waals surface area contributed by atoms with Crippen LogP contribution in [0.1, 0.15) is 25.0 Å². The van der Waals surface area contributed by atoms with Crippen LogP contribution in [0, 0.1) is 5.82 Å². The molecule has 0 aliphatic carbocycles. The number of nitrogens with one attached hydrogen (secondary N) is 3. The Labute approximate surface area is 159 Å². The molecule has 146 valence electrons. The van der Waals surface area contributed by atoms with Gasteiger partial charge in [0.1, 0.15) is 5.82 Å². The topological polar surface area (TPSA) is 87.3 Å². The van der Waals surface area contributed by atoms with Gasteiger partial charge in [-0.2, -0.15) is 0 Å². The number of carbonyl (C=O) groups excluding carboxylic acids is 1. The van der Waals surface area contributed by atoms with E-state index in [0.29, 0.717) is 24.1 Å². The summed E-state index contributed by atoms with van der Waals surface area (Å²) >= 11 is 0. The second-order valence-corrected chi connectivity index (χ2v) is 8.09. The summed E-state index contributed by atoms with van der Waals surface area (Å²) in [5.74, 6) is -0.298. The monoisotopic (exact) mass is 393 g/mol. The van der Waals surface area contributed by atoms with Gasteiger partial charge in [0, 0.05) is 19.1 Å². The van der Waals surface area contributed by atoms with Crippen molar-refractivity contribution >= 4 is 16.1 Å². The summed E-state index contributed by atoms with van der Waals surface area (Å²) in [5, 5.41) is 5.31. The number of urea groups is 1. The minimum atomic E-state index is -3.58. The van der Waals surface area contributed by atoms with E-state index < -0.39 is 16.1 Å². The Morgan fingerprint density at radius 1 is 1.07 bits per heavy atom. The molecule has 0 saturated heterocycles. The van der Waals surface area contributed by atoms with E-state index in [2.05, 4.69) is 15.4 Å². The first-order chi connectivity index (χ1) is 12.8. The van der Waals surface area contributed by atoms with Crippen LogP contribution < -0.4 is 15.4 Å². The molecule has 2 rings (SSSR count). The Hall–Kier alpha value is -2.45. The van der Waals surface area contributed by atoms with Gasteiger partial charge in [0.25, 0.3) is 0 Å². The van der Waals surface area contributed by atoms with Crippen LogP contribution in [-0.2, 0) is 23.0 Å². The average Bonchev–Trinajstić information content (AvgIpc) is 2.61. The van der Waals surface area contributed by atoms with Gasteiger partial charge in [-0.25, -0.2) is 22.3 Å². The normalized spacial score (nSPS) is 11.4. The van der Waals surface area contributed by atoms with Gasteiger partial charge in [-0.05, 0) is 49.6 Å². The zero-order valence-electron chi connectivity index (χ0n) is 15.3. The molecule has 2 aromatic rings. The molecule has 0 fully saturated rings. The maximum Gasteiger partial charge on any atom is 0.315 e. The zero-order chi connectivity index (χ0) is 19.9. The highest BCUT2D eigenvalue weighted by Gasteiger charge is 2.15. The summed E-state index contributed by atoms with van der Waals surface area (Å²) in [6, 6.07) is 12.2. The van der Waals surface area contributed by atoms with Crippen LogP contribution in [-0.4, -0.2) is 27.0 Å². The van der Waals surface area contributed by atoms with E-state index >= 15 is 0 Å². The first-order valence-electron chi connectivity index (χ1n) is 8.64. The lowest BCUT2D eigenvalue weighted by Crippen LogP contribution is -2.36. The molecule has 0 aromatic heterocycles. The molecule has 27 heavy (non-hydrogen) atoms. The molecular formula is C19H24FN3O3S. The summed E-state index contributed by atoms with van der Waals surface area (Å²) in [5.41, 5.74) is 1.19. The highest BCUT2D eigenvalue weighted by molar-refractivity contribution is 7.89. The Morgan fingerprint density at radius 2 is 1.81 bits per heavy atom. The molecule has 0 spiro atoms. The van der Waals surface area contributed by atoms with Gasteiger partial charge in [-0.1, -0.05) is 30.3 Å². The molecule has 3 N–H and O–H groups in total. The summed E-state index contributed by atoms with van der Waals surface area (Å²) < 4.78 is 40.4. The molecular weight excluding hydrogens is 369 g/mol. The van der Waals surface area contributed by atoms with Gasteiger partial charge in [-0.15, -0.1) is 0 Å². The lowest BCUT2D eigenvalue weighted by Gasteiger charge is -2.11. The van der Waals surface area contributed by atoms with E-state index in [9.17, 15) is 17.6 Å². The number of sulfonamides is 1. The van der Waals surface area contributed by atoms with Crippen LogP contribution in [0.3, 0.4) is 0 Å². The van der Waals surface area contributed by atoms with Crippen LogP contribution in [0.4, 0.5) is 9.18 Å². The number of amides is 2. The average molecular weight is 393 g/mol. The Morgan fingerprint density at radius 3 is 2.52 bits per heavy atom. The molecule has 0 atom stereocenters. The van der Waals surface area contributed by atoms with Gasteiger partial charge in [0.05, 0.1) is 4.90 Å². The Kier molecular flexibility index (Phi) is 7.32. The second kappa shape index (κ2) is 9.48. The quantitative estimate of drug-likeness (QED) is 0.644. The van der Waals surface area contributed by atoms with Crippen molar-refractivity contribution in [2.75, 3.05) is 6.54 Å². The molecule has 2 amide bonds. The van der Waals surface area contributed by atoms with Crippen molar-refractivity contribution in [3.63, 3.8) is 0 Å². The summed E-state index contributed by atoms with van der Waals surface area (Å²) in [6.45, 7) is 3.96. The number of rotatable bonds is 8. The largest absolute Gasteiger partial charge is 0.338 e. The highest BCUT2D eigenvalue weighted by Crippen LogP contribution is 2.12. The molecule has 0 bridgehead atoms. The van der Waals surface area contributed by atoms with Crippen molar-refractivity contribution in [1.82, 2.24) is 15.4 Å². The number of benzene rings is 2. The van der Waals surface area contributed by atoms with Crippen molar-refractivity contribution in [3.05, 3.63) is 65.5 Å². The lowest BCUT2D eigenvalue weighted by molar-refractivity contribution is 0.240. The first-order valence-corrected chi connectivity index (χ1v) is 10.1. The molecule has 2 aromatic carbocycles. The molecule has 0 unspecified atom stereocenters. The molecule has 6 nitrogen and oxygen atoms in total. The van der Waals surface area contributed by atoms with Crippen LogP contribution in [0.15, 0.2) is 53.4 Å². The fourth-order valence-corrected chi connectivity index (χ4v) is 3.78. The third-order valence-corrected chi connectivity index (χ3v) is 5.35. The third kappa shape index (κ3) is 6.65. The zero-order valence-corrected chi connectivity index (χ0v) is 16.1. The first kappa shape index (κ1) is 20.9. The van der Waals surface area contributed by atoms with Crippen molar-refractivity contribution in [1.29, 1.82) is 0 Å². The van der Waals surface area contributed by atoms with E-state index in [-0.39, 0.29) is 23.3 Å². The summed E-state index contributed by atoms with van der Waals surface area (Å²) in [7, 11) is -3.58. The van der Waals surface area contributed by atoms with Crippen molar-refractivity contribution in [2.45, 2.75) is 37.8 Å². The molecule has 8 heteroatoms. The summed E-state index contributed by atoms with van der Waals surface area (Å²) in [4.78, 5) is 12.0. The van der Waals surface area contributed by atoms with E-state index in [1.807, 2.05) is 0 Å². The summed E-state index contributed by atoms with van der Waals surface area (Å²) in [6.07, 6.45) is 0.384. The maximum atomic E-state index is 13.5. The highest BCUT2D eigenvalue weighted by atomic mass is 32.2. The molecule has 0 aliphatic heterocycles. The smallest absolute Gasteiger partial charge is 0.315 e. The molecule has 0 aliphatic rings. The predicted molar refractivity (Wildman–Crippen MR) is 102 cm³/mol. The predicted octanol–water partition coefficient (Wildman–Crippen LogP) is 2.55. The Bertz CT molecular complexity index is 885. The minimum absolute atomic E-state index is 0.149. The number of hydrogen-bond donors (Lipinski definition) is 3. The molecule has 0 saturated carbocycles. The number of hydrogen-bond acceptors (Lipinski definition) is 3. The lowest BCUT2D eigenvalue weighted by atomic mass is 10.1. The minimum Gasteiger partial charge on any atom is -0.338 e. The van der Waals surface area contributed by atoms with Gasteiger partial charge < -0.3 is 10.6 Å². The maximum absolute atomic E-state index is 13.5. The fraction of sp³-hybridized carbons (Fsp3) is 0.316. The van der Waals surface area contributed by atoms with Gasteiger partial charge >= 0.3 is 6.03 Å². The number of halogens is 1. The van der Waals surface area contributed by atoms with Crippen LogP contribution in [0.5, 0.6) is 0 Å². The van der Waals surface area contributed by atoms with E-state index in [1.54, 1.807) is 44.2 Å². The molecule has 0 radical (unpaired) electrons. The third-order valence-electron chi connectivity index (χ3n) is 3.69. The van der Waals surface area contributed by atoms with Gasteiger partial charge in [0.15, 0.2) is 0 Å². The second-order valence-electron chi connectivity index (χ2n) is 6.37. The van der Waals surface area contributed by atoms with E-state index in [0.717, 1.165) is 0 Å². The van der Waals surface area contributed by atoms with E-state index in [1.165, 1.54) is 18.2 Å². The number of carbonyl (C=O) groups is 1. The van der Waals surface area contributed by atoms with Gasteiger partial charge in [0.2, 0.25) is 10.0 Å². The van der Waals surface area contributed by atoms with Crippen LogP contribution in [0.2, 0.25) is 0 Å². The standard InChI is InChI=1S/C19H24FN3O3S/c1-14(2)23-27(25,26)17-8-5-6-15(12-17)13-22-19(24)21-11-10-16-7-3-4-9-18(16)20/h3-9,12,14,23H,10-11,13H2,1-2H3,(H2,21,22,24). The fourth-order valence-electron chi connectivity index (χ4n) is 2.46. The molecule has 0 heterocycles. The van der Waals surface area contributed by atoms with Crippen molar-refractivity contribution in [2.24, 2.45) is 0 Å². The van der Waals surface area contributed by atoms with Gasteiger partial charge in [-0.3, -0.25) is 0 Å². The van der Waals surface area contributed by atoms with Crippen LogP contribution >= 0.6 is 0 Å². The Balaban J connectivity index is 1.85. The van der Waals surface area contributed by atoms with Crippen LogP contribution in [0.25, 0.3) is 0 Å². The van der Waals surface area contributed by atoms with Crippen molar-refractivity contribution in [3.8, 4) is 0 Å². The van der Waals surface area contributed by atoms with E-state index in [4.69, 9.17) is 0 Å².